The first-order valence-electron chi connectivity index (χ1n) is 7.85. The Morgan fingerprint density at radius 2 is 1.95 bits per heavy atom. The van der Waals surface area contributed by atoms with E-state index in [9.17, 15) is 10.1 Å². The second-order valence-electron chi connectivity index (χ2n) is 6.07. The minimum Gasteiger partial charge on any atom is -0.385 e. The minimum absolute atomic E-state index is 0.132. The van der Waals surface area contributed by atoms with Gasteiger partial charge in [0.25, 0.3) is 5.69 Å². The molecule has 5 nitrogen and oxygen atoms in total. The van der Waals surface area contributed by atoms with Gasteiger partial charge in [0.2, 0.25) is 0 Å². The number of nitro benzene ring substituents is 1. The summed E-state index contributed by atoms with van der Waals surface area (Å²) in [5.41, 5.74) is 1.76. The number of non-ortho nitro benzene ring substituents is 1. The van der Waals surface area contributed by atoms with Crippen LogP contribution in [0.3, 0.4) is 0 Å². The van der Waals surface area contributed by atoms with Crippen molar-refractivity contribution in [3.05, 3.63) is 28.3 Å². The van der Waals surface area contributed by atoms with Crippen LogP contribution in [0.5, 0.6) is 0 Å². The summed E-state index contributed by atoms with van der Waals surface area (Å²) in [7, 11) is 0. The van der Waals surface area contributed by atoms with Gasteiger partial charge in [0.15, 0.2) is 0 Å². The van der Waals surface area contributed by atoms with Gasteiger partial charge in [-0.15, -0.1) is 0 Å². The molecule has 116 valence electrons. The Labute approximate surface area is 126 Å². The van der Waals surface area contributed by atoms with Crippen LogP contribution >= 0.6 is 0 Å². The SMILES string of the molecule is CCNc1cc(NCC2CCCC(C)C2)cc([N+](=O)[O-])c1. The summed E-state index contributed by atoms with van der Waals surface area (Å²) >= 11 is 0. The Morgan fingerprint density at radius 3 is 2.57 bits per heavy atom. The Balaban J connectivity index is 2.02. The molecule has 0 saturated heterocycles. The van der Waals surface area contributed by atoms with Gasteiger partial charge in [-0.1, -0.05) is 19.8 Å². The van der Waals surface area contributed by atoms with Gasteiger partial charge in [-0.3, -0.25) is 10.1 Å². The number of rotatable bonds is 6. The smallest absolute Gasteiger partial charge is 0.273 e. The topological polar surface area (TPSA) is 67.2 Å². The van der Waals surface area contributed by atoms with Gasteiger partial charge in [0, 0.05) is 36.6 Å². The fourth-order valence-corrected chi connectivity index (χ4v) is 3.13. The summed E-state index contributed by atoms with van der Waals surface area (Å²) in [4.78, 5) is 10.7. The third kappa shape index (κ3) is 4.62. The molecule has 2 unspecified atom stereocenters. The molecule has 0 aliphatic heterocycles. The third-order valence-electron chi connectivity index (χ3n) is 4.15. The number of hydrogen-bond acceptors (Lipinski definition) is 4. The summed E-state index contributed by atoms with van der Waals surface area (Å²) in [5, 5.41) is 17.5. The van der Waals surface area contributed by atoms with E-state index in [0.29, 0.717) is 5.92 Å². The molecule has 0 bridgehead atoms. The molecular formula is C16H25N3O2. The molecule has 2 rings (SSSR count). The van der Waals surface area contributed by atoms with E-state index in [0.717, 1.165) is 30.4 Å². The van der Waals surface area contributed by atoms with Crippen LogP contribution in [-0.2, 0) is 0 Å². The molecule has 1 aromatic rings. The monoisotopic (exact) mass is 291 g/mol. The van der Waals surface area contributed by atoms with Crippen molar-refractivity contribution in [3.63, 3.8) is 0 Å². The van der Waals surface area contributed by atoms with Crippen molar-refractivity contribution in [2.45, 2.75) is 39.5 Å². The second-order valence-corrected chi connectivity index (χ2v) is 6.07. The standard InChI is InChI=1S/C16H25N3O2/c1-3-17-14-8-15(10-16(9-14)19(20)21)18-11-13-6-4-5-12(2)7-13/h8-10,12-13,17-18H,3-7,11H2,1-2H3. The highest BCUT2D eigenvalue weighted by molar-refractivity contribution is 5.63. The van der Waals surface area contributed by atoms with Crippen molar-refractivity contribution in [2.24, 2.45) is 11.8 Å². The van der Waals surface area contributed by atoms with Crippen LogP contribution in [0, 0.1) is 22.0 Å². The van der Waals surface area contributed by atoms with E-state index in [4.69, 9.17) is 0 Å². The molecule has 0 heterocycles. The van der Waals surface area contributed by atoms with E-state index >= 15 is 0 Å². The fraction of sp³-hybridized carbons (Fsp3) is 0.625. The predicted molar refractivity (Wildman–Crippen MR) is 86.9 cm³/mol. The minimum atomic E-state index is -0.339. The quantitative estimate of drug-likeness (QED) is 0.607. The van der Waals surface area contributed by atoms with E-state index in [1.165, 1.54) is 25.7 Å². The predicted octanol–water partition coefficient (Wildman–Crippen LogP) is 4.26. The Hall–Kier alpha value is -1.78. The highest BCUT2D eigenvalue weighted by atomic mass is 16.6. The van der Waals surface area contributed by atoms with Gasteiger partial charge in [0.1, 0.15) is 0 Å². The lowest BCUT2D eigenvalue weighted by molar-refractivity contribution is -0.384. The maximum atomic E-state index is 11.0. The van der Waals surface area contributed by atoms with Gasteiger partial charge in [0.05, 0.1) is 4.92 Å². The molecule has 0 amide bonds. The fourth-order valence-electron chi connectivity index (χ4n) is 3.13. The van der Waals surface area contributed by atoms with Crippen LogP contribution in [0.15, 0.2) is 18.2 Å². The lowest BCUT2D eigenvalue weighted by Gasteiger charge is -2.27. The van der Waals surface area contributed by atoms with E-state index < -0.39 is 0 Å². The molecule has 1 fully saturated rings. The summed E-state index contributed by atoms with van der Waals surface area (Å²) in [6.07, 6.45) is 5.14. The normalized spacial score (nSPS) is 21.8. The van der Waals surface area contributed by atoms with Gasteiger partial charge >= 0.3 is 0 Å². The number of nitrogens with zero attached hydrogens (tertiary/aromatic N) is 1. The van der Waals surface area contributed by atoms with Crippen molar-refractivity contribution in [2.75, 3.05) is 23.7 Å². The first-order chi connectivity index (χ1) is 10.1. The zero-order valence-corrected chi connectivity index (χ0v) is 12.9. The maximum Gasteiger partial charge on any atom is 0.273 e. The van der Waals surface area contributed by atoms with Gasteiger partial charge < -0.3 is 10.6 Å². The number of anilines is 2. The molecule has 1 aliphatic rings. The Morgan fingerprint density at radius 1 is 1.24 bits per heavy atom. The zero-order chi connectivity index (χ0) is 15.2. The van der Waals surface area contributed by atoms with Crippen LogP contribution in [-0.4, -0.2) is 18.0 Å². The number of nitrogens with one attached hydrogen (secondary N) is 2. The Kier molecular flexibility index (Phi) is 5.42. The molecular weight excluding hydrogens is 266 g/mol. The van der Waals surface area contributed by atoms with Gasteiger partial charge in [-0.05, 0) is 37.7 Å². The maximum absolute atomic E-state index is 11.0. The Bertz CT molecular complexity index is 490. The molecule has 1 aromatic carbocycles. The lowest BCUT2D eigenvalue weighted by Crippen LogP contribution is -2.21. The molecule has 0 spiro atoms. The number of hydrogen-bond donors (Lipinski definition) is 2. The van der Waals surface area contributed by atoms with E-state index in [-0.39, 0.29) is 10.6 Å². The van der Waals surface area contributed by atoms with Crippen LogP contribution in [0.4, 0.5) is 17.1 Å². The van der Waals surface area contributed by atoms with Crippen LogP contribution in [0.2, 0.25) is 0 Å². The van der Waals surface area contributed by atoms with E-state index in [2.05, 4.69) is 17.6 Å². The number of nitro groups is 1. The zero-order valence-electron chi connectivity index (χ0n) is 12.9. The van der Waals surface area contributed by atoms with Crippen molar-refractivity contribution in [1.82, 2.24) is 0 Å². The van der Waals surface area contributed by atoms with Crippen LogP contribution in [0.1, 0.15) is 39.5 Å². The lowest BCUT2D eigenvalue weighted by atomic mass is 9.82. The van der Waals surface area contributed by atoms with Crippen molar-refractivity contribution < 1.29 is 4.92 Å². The first-order valence-corrected chi connectivity index (χ1v) is 7.85. The largest absolute Gasteiger partial charge is 0.385 e. The molecule has 1 saturated carbocycles. The average Bonchev–Trinajstić information content (AvgIpc) is 2.45. The van der Waals surface area contributed by atoms with Gasteiger partial charge in [-0.25, -0.2) is 0 Å². The molecule has 21 heavy (non-hydrogen) atoms. The second kappa shape index (κ2) is 7.29. The molecule has 5 heteroatoms. The summed E-state index contributed by atoms with van der Waals surface area (Å²) in [6.45, 7) is 5.94. The molecule has 1 aliphatic carbocycles. The summed E-state index contributed by atoms with van der Waals surface area (Å²) in [6, 6.07) is 5.15. The molecule has 0 aromatic heterocycles. The summed E-state index contributed by atoms with van der Waals surface area (Å²) < 4.78 is 0. The molecule has 0 radical (unpaired) electrons. The highest BCUT2D eigenvalue weighted by Crippen LogP contribution is 2.30. The van der Waals surface area contributed by atoms with E-state index in [1.54, 1.807) is 12.1 Å². The van der Waals surface area contributed by atoms with Crippen LogP contribution < -0.4 is 10.6 Å². The molecule has 2 atom stereocenters. The third-order valence-corrected chi connectivity index (χ3v) is 4.15. The van der Waals surface area contributed by atoms with Crippen molar-refractivity contribution >= 4 is 17.1 Å². The van der Waals surface area contributed by atoms with Gasteiger partial charge in [-0.2, -0.15) is 0 Å². The average molecular weight is 291 g/mol. The first kappa shape index (κ1) is 15.6. The van der Waals surface area contributed by atoms with E-state index in [1.807, 2.05) is 13.0 Å². The molecule has 2 N–H and O–H groups in total. The highest BCUT2D eigenvalue weighted by Gasteiger charge is 2.19. The van der Waals surface area contributed by atoms with Crippen LogP contribution in [0.25, 0.3) is 0 Å². The van der Waals surface area contributed by atoms with Crippen molar-refractivity contribution in [3.8, 4) is 0 Å². The summed E-state index contributed by atoms with van der Waals surface area (Å²) in [5.74, 6) is 1.48. The number of benzene rings is 1. The van der Waals surface area contributed by atoms with Crippen molar-refractivity contribution in [1.29, 1.82) is 0 Å².